The monoisotopic (exact) mass is 300 g/mol. The van der Waals surface area contributed by atoms with Crippen LogP contribution in [0.3, 0.4) is 0 Å². The van der Waals surface area contributed by atoms with Crippen LogP contribution in [-0.4, -0.2) is 40.8 Å². The van der Waals surface area contributed by atoms with Gasteiger partial charge < -0.3 is 9.80 Å². The molecule has 2 aromatic heterocycles. The van der Waals surface area contributed by atoms with Crippen molar-refractivity contribution < 1.29 is 0 Å². The van der Waals surface area contributed by atoms with Crippen molar-refractivity contribution in [2.45, 2.75) is 39.7 Å². The first-order valence-electron chi connectivity index (χ1n) is 7.79. The molecule has 2 aromatic rings. The Morgan fingerprint density at radius 1 is 1.32 bits per heavy atom. The lowest BCUT2D eigenvalue weighted by molar-refractivity contribution is 0.689. The average molecular weight is 300 g/mol. The Hall–Kier alpha value is -2.11. The molecular weight excluding hydrogens is 276 g/mol. The smallest absolute Gasteiger partial charge is 0.227 e. The van der Waals surface area contributed by atoms with Gasteiger partial charge in [0.1, 0.15) is 5.82 Å². The molecule has 6 heteroatoms. The molecule has 0 spiro atoms. The molecule has 1 aliphatic rings. The third-order valence-electron chi connectivity index (χ3n) is 4.15. The van der Waals surface area contributed by atoms with Crippen molar-refractivity contribution in [2.24, 2.45) is 0 Å². The van der Waals surface area contributed by atoms with Gasteiger partial charge in [-0.05, 0) is 12.8 Å². The molecule has 0 bridgehead atoms. The van der Waals surface area contributed by atoms with E-state index in [0.717, 1.165) is 36.8 Å². The first-order chi connectivity index (χ1) is 10.5. The predicted molar refractivity (Wildman–Crippen MR) is 88.5 cm³/mol. The summed E-state index contributed by atoms with van der Waals surface area (Å²) in [4.78, 5) is 13.6. The van der Waals surface area contributed by atoms with Gasteiger partial charge in [0, 0.05) is 56.6 Å². The van der Waals surface area contributed by atoms with Gasteiger partial charge >= 0.3 is 0 Å². The van der Waals surface area contributed by atoms with Gasteiger partial charge in [-0.15, -0.1) is 0 Å². The number of rotatable bonds is 3. The molecular formula is C16H24N6. The van der Waals surface area contributed by atoms with Crippen LogP contribution in [0, 0.1) is 6.92 Å². The maximum Gasteiger partial charge on any atom is 0.227 e. The van der Waals surface area contributed by atoms with Gasteiger partial charge in [-0.1, -0.05) is 13.8 Å². The van der Waals surface area contributed by atoms with E-state index in [9.17, 15) is 0 Å². The highest BCUT2D eigenvalue weighted by molar-refractivity contribution is 5.49. The molecule has 1 N–H and O–H groups in total. The van der Waals surface area contributed by atoms with Crippen LogP contribution >= 0.6 is 0 Å². The van der Waals surface area contributed by atoms with Crippen LogP contribution in [0.1, 0.15) is 42.3 Å². The molecule has 0 saturated heterocycles. The first-order valence-corrected chi connectivity index (χ1v) is 7.79. The molecule has 6 nitrogen and oxygen atoms in total. The van der Waals surface area contributed by atoms with E-state index in [-0.39, 0.29) is 0 Å². The number of aryl methyl sites for hydroxylation is 1. The highest BCUT2D eigenvalue weighted by Gasteiger charge is 2.25. The largest absolute Gasteiger partial charge is 0.362 e. The predicted octanol–water partition coefficient (Wildman–Crippen LogP) is 2.26. The molecule has 0 unspecified atom stereocenters. The third kappa shape index (κ3) is 2.53. The number of nitrogens with one attached hydrogen (secondary N) is 1. The standard InChI is InChI=1S/C16H24N6/c1-10(2)14-12-9-22(7-6-13(12)19-20-14)16-17-8-11(3)15(18-16)21(4)5/h8,10H,6-7,9H2,1-5H3,(H,19,20). The SMILES string of the molecule is Cc1cnc(N2CCc3[nH]nc(C(C)C)c3C2)nc1N(C)C. The van der Waals surface area contributed by atoms with Crippen LogP contribution in [0.4, 0.5) is 11.8 Å². The summed E-state index contributed by atoms with van der Waals surface area (Å²) in [5, 5.41) is 7.68. The average Bonchev–Trinajstić information content (AvgIpc) is 2.90. The van der Waals surface area contributed by atoms with Crippen molar-refractivity contribution >= 4 is 11.8 Å². The zero-order chi connectivity index (χ0) is 15.9. The zero-order valence-corrected chi connectivity index (χ0v) is 14.0. The molecule has 22 heavy (non-hydrogen) atoms. The minimum atomic E-state index is 0.427. The topological polar surface area (TPSA) is 60.9 Å². The minimum Gasteiger partial charge on any atom is -0.362 e. The van der Waals surface area contributed by atoms with Crippen LogP contribution < -0.4 is 9.80 Å². The Balaban J connectivity index is 1.91. The van der Waals surface area contributed by atoms with Crippen LogP contribution in [0.25, 0.3) is 0 Å². The highest BCUT2D eigenvalue weighted by Crippen LogP contribution is 2.28. The second-order valence-corrected chi connectivity index (χ2v) is 6.46. The fraction of sp³-hybridized carbons (Fsp3) is 0.562. The number of anilines is 2. The quantitative estimate of drug-likeness (QED) is 0.942. The highest BCUT2D eigenvalue weighted by atomic mass is 15.3. The number of aromatic nitrogens is 4. The summed E-state index contributed by atoms with van der Waals surface area (Å²) in [6, 6.07) is 0. The van der Waals surface area contributed by atoms with Crippen LogP contribution in [0.15, 0.2) is 6.20 Å². The normalized spacial score (nSPS) is 14.4. The van der Waals surface area contributed by atoms with E-state index in [0.29, 0.717) is 5.92 Å². The van der Waals surface area contributed by atoms with Crippen molar-refractivity contribution in [3.05, 3.63) is 28.7 Å². The van der Waals surface area contributed by atoms with Gasteiger partial charge in [0.05, 0.1) is 5.69 Å². The van der Waals surface area contributed by atoms with E-state index in [1.54, 1.807) is 0 Å². The molecule has 0 aliphatic carbocycles. The number of H-pyrrole nitrogens is 1. The van der Waals surface area contributed by atoms with E-state index < -0.39 is 0 Å². The fourth-order valence-corrected chi connectivity index (χ4v) is 2.99. The lowest BCUT2D eigenvalue weighted by Gasteiger charge is -2.28. The summed E-state index contributed by atoms with van der Waals surface area (Å²) >= 11 is 0. The van der Waals surface area contributed by atoms with Crippen molar-refractivity contribution in [3.8, 4) is 0 Å². The molecule has 0 atom stereocenters. The summed E-state index contributed by atoms with van der Waals surface area (Å²) < 4.78 is 0. The number of aromatic amines is 1. The Kier molecular flexibility index (Phi) is 3.76. The molecule has 118 valence electrons. The maximum atomic E-state index is 4.74. The van der Waals surface area contributed by atoms with E-state index in [1.165, 1.54) is 17.0 Å². The summed E-state index contributed by atoms with van der Waals surface area (Å²) in [7, 11) is 4.03. The molecule has 0 saturated carbocycles. The second kappa shape index (κ2) is 5.59. The number of hydrogen-bond acceptors (Lipinski definition) is 5. The van der Waals surface area contributed by atoms with Crippen molar-refractivity contribution in [2.75, 3.05) is 30.4 Å². The third-order valence-corrected chi connectivity index (χ3v) is 4.15. The zero-order valence-electron chi connectivity index (χ0n) is 14.0. The molecule has 0 amide bonds. The Bertz CT molecular complexity index is 673. The van der Waals surface area contributed by atoms with Gasteiger partial charge in [-0.25, -0.2) is 4.98 Å². The lowest BCUT2D eigenvalue weighted by Crippen LogP contribution is -2.32. The lowest BCUT2D eigenvalue weighted by atomic mass is 10.00. The van der Waals surface area contributed by atoms with Gasteiger partial charge in [-0.2, -0.15) is 10.1 Å². The van der Waals surface area contributed by atoms with Crippen LogP contribution in [0.2, 0.25) is 0 Å². The number of hydrogen-bond donors (Lipinski definition) is 1. The maximum absolute atomic E-state index is 4.74. The second-order valence-electron chi connectivity index (χ2n) is 6.46. The van der Waals surface area contributed by atoms with Gasteiger partial charge in [0.15, 0.2) is 0 Å². The summed E-state index contributed by atoms with van der Waals surface area (Å²) in [5.41, 5.74) is 4.84. The van der Waals surface area contributed by atoms with Gasteiger partial charge in [0.2, 0.25) is 5.95 Å². The van der Waals surface area contributed by atoms with E-state index in [2.05, 4.69) is 33.9 Å². The van der Waals surface area contributed by atoms with Crippen molar-refractivity contribution in [1.82, 2.24) is 20.2 Å². The van der Waals surface area contributed by atoms with Crippen molar-refractivity contribution in [1.29, 1.82) is 0 Å². The molecule has 0 radical (unpaired) electrons. The molecule has 3 heterocycles. The first kappa shape index (κ1) is 14.8. The minimum absolute atomic E-state index is 0.427. The van der Waals surface area contributed by atoms with Crippen LogP contribution in [0.5, 0.6) is 0 Å². The summed E-state index contributed by atoms with van der Waals surface area (Å²) in [6.45, 7) is 8.15. The summed E-state index contributed by atoms with van der Waals surface area (Å²) in [6.07, 6.45) is 2.87. The van der Waals surface area contributed by atoms with Crippen molar-refractivity contribution in [3.63, 3.8) is 0 Å². The van der Waals surface area contributed by atoms with E-state index in [1.807, 2.05) is 32.1 Å². The van der Waals surface area contributed by atoms with E-state index >= 15 is 0 Å². The molecule has 0 fully saturated rings. The van der Waals surface area contributed by atoms with Gasteiger partial charge in [-0.3, -0.25) is 5.10 Å². The summed E-state index contributed by atoms with van der Waals surface area (Å²) in [5.74, 6) is 2.21. The Morgan fingerprint density at radius 3 is 2.77 bits per heavy atom. The Morgan fingerprint density at radius 2 is 2.09 bits per heavy atom. The van der Waals surface area contributed by atoms with E-state index in [4.69, 9.17) is 4.98 Å². The fourth-order valence-electron chi connectivity index (χ4n) is 2.99. The Labute approximate surface area is 131 Å². The van der Waals surface area contributed by atoms with Crippen LogP contribution in [-0.2, 0) is 13.0 Å². The van der Waals surface area contributed by atoms with Gasteiger partial charge in [0.25, 0.3) is 0 Å². The number of fused-ring (bicyclic) bond motifs is 1. The number of nitrogens with zero attached hydrogens (tertiary/aromatic N) is 5. The molecule has 3 rings (SSSR count). The molecule has 0 aromatic carbocycles. The molecule has 1 aliphatic heterocycles.